The third-order valence-electron chi connectivity index (χ3n) is 14.7. The van der Waals surface area contributed by atoms with Crippen molar-refractivity contribution in [2.45, 2.75) is 169 Å². The van der Waals surface area contributed by atoms with E-state index in [1.54, 1.807) is 11.1 Å². The molecule has 0 aromatic heterocycles. The van der Waals surface area contributed by atoms with Crippen LogP contribution < -0.4 is 0 Å². The molecule has 6 aromatic carbocycles. The minimum atomic E-state index is 0. The summed E-state index contributed by atoms with van der Waals surface area (Å²) >= 11 is 1.36. The van der Waals surface area contributed by atoms with Crippen molar-refractivity contribution in [3.63, 3.8) is 0 Å². The molecule has 0 amide bonds. The SMILES string of the molecule is CCC1(Cc2cc3c(-c4ccccc4C(C)(C)C)cccc3[cH-]2)CCCCCC1.CCC1(Cc2cc3c(-c4ccccc4C(C)(C)C)cccc3[cH-]2)CCCCCC1.Cl.Cl.[CH3-].[CH3-].[Si]=[Zr]. The van der Waals surface area contributed by atoms with Gasteiger partial charge in [-0.1, -0.05) is 191 Å². The van der Waals surface area contributed by atoms with Gasteiger partial charge in [-0.25, -0.2) is 0 Å². The molecular formula is C60H82Cl2SiZr-4. The molecule has 0 N–H and O–H groups in total. The molecule has 8 rings (SSSR count). The number of hydrogen-bond acceptors (Lipinski definition) is 0. The Bertz CT molecular complexity index is 2120. The van der Waals surface area contributed by atoms with Crippen LogP contribution in [0.4, 0.5) is 0 Å². The normalized spacial score (nSPS) is 15.8. The van der Waals surface area contributed by atoms with Crippen LogP contribution in [0.2, 0.25) is 0 Å². The predicted octanol–water partition coefficient (Wildman–Crippen LogP) is 19.0. The first-order valence-electron chi connectivity index (χ1n) is 23.7. The van der Waals surface area contributed by atoms with E-state index in [1.165, 1.54) is 181 Å². The Hall–Kier alpha value is -2.22. The fourth-order valence-corrected chi connectivity index (χ4v) is 11.1. The molecule has 2 saturated carbocycles. The molecule has 0 spiro atoms. The Labute approximate surface area is 421 Å². The summed E-state index contributed by atoms with van der Waals surface area (Å²) in [6.07, 6.45) is 22.1. The van der Waals surface area contributed by atoms with Gasteiger partial charge in [0.25, 0.3) is 0 Å². The number of halogens is 2. The van der Waals surface area contributed by atoms with E-state index in [4.69, 9.17) is 0 Å². The van der Waals surface area contributed by atoms with Crippen molar-refractivity contribution in [1.29, 1.82) is 0 Å². The number of rotatable bonds is 8. The van der Waals surface area contributed by atoms with Crippen molar-refractivity contribution in [2.75, 3.05) is 0 Å². The standard InChI is InChI=1S/2C29H37.2CH3.2ClH.Si.Zr/c2*1-5-29(17-10-6-7-11-18-29)21-22-19-23-13-12-15-24(26(23)20-22)25-14-8-9-16-27(25)28(2,3)4;;;;;;/h2*8-9,12-16,19-20H,5-7,10-11,17-18,21H2,1-4H3;2*1H3;2*1H;;/q4*-1;;;;. The molecule has 348 valence electrons. The van der Waals surface area contributed by atoms with Crippen LogP contribution >= 0.6 is 24.8 Å². The van der Waals surface area contributed by atoms with Gasteiger partial charge in [0.1, 0.15) is 0 Å². The second-order valence-electron chi connectivity index (χ2n) is 20.8. The van der Waals surface area contributed by atoms with Crippen molar-refractivity contribution in [1.82, 2.24) is 0 Å². The first kappa shape index (κ1) is 57.9. The van der Waals surface area contributed by atoms with Crippen LogP contribution in [0.1, 0.15) is 168 Å². The minimum absolute atomic E-state index is 0. The quantitative estimate of drug-likeness (QED) is 0.0810. The predicted molar refractivity (Wildman–Crippen MR) is 289 cm³/mol. The summed E-state index contributed by atoms with van der Waals surface area (Å²) in [6.45, 7) is 21.8. The van der Waals surface area contributed by atoms with Crippen LogP contribution in [0.3, 0.4) is 0 Å². The number of hydrogen-bond donors (Lipinski definition) is 0. The van der Waals surface area contributed by atoms with Crippen molar-refractivity contribution in [3.8, 4) is 22.3 Å². The molecule has 0 heterocycles. The fourth-order valence-electron chi connectivity index (χ4n) is 11.1. The van der Waals surface area contributed by atoms with Crippen molar-refractivity contribution >= 4 is 53.2 Å². The summed E-state index contributed by atoms with van der Waals surface area (Å²) in [5.41, 5.74) is 12.8. The van der Waals surface area contributed by atoms with Crippen LogP contribution in [-0.2, 0) is 47.0 Å². The van der Waals surface area contributed by atoms with Gasteiger partial charge in [-0.2, -0.15) is 12.1 Å². The number of benzene rings is 4. The van der Waals surface area contributed by atoms with Gasteiger partial charge in [0.05, 0.1) is 0 Å². The second-order valence-corrected chi connectivity index (χ2v) is 20.8. The molecule has 2 aliphatic carbocycles. The summed E-state index contributed by atoms with van der Waals surface area (Å²) in [5.74, 6) is 0. The summed E-state index contributed by atoms with van der Waals surface area (Å²) in [4.78, 5) is 0. The Morgan fingerprint density at radius 3 is 1.09 bits per heavy atom. The molecular weight excluding hydrogens is 911 g/mol. The molecule has 0 nitrogen and oxygen atoms in total. The third-order valence-corrected chi connectivity index (χ3v) is 14.7. The molecule has 0 aliphatic heterocycles. The van der Waals surface area contributed by atoms with Gasteiger partial charge in [0, 0.05) is 0 Å². The zero-order valence-electron chi connectivity index (χ0n) is 41.5. The van der Waals surface area contributed by atoms with Crippen molar-refractivity contribution < 1.29 is 23.3 Å². The molecule has 0 saturated heterocycles. The van der Waals surface area contributed by atoms with Gasteiger partial charge >= 0.3 is 30.2 Å². The van der Waals surface area contributed by atoms with E-state index in [9.17, 15) is 0 Å². The molecule has 2 fully saturated rings. The monoisotopic (exact) mass is 990 g/mol. The average Bonchev–Trinajstić information content (AvgIpc) is 3.67. The molecule has 0 bridgehead atoms. The van der Waals surface area contributed by atoms with Gasteiger partial charge in [-0.3, -0.25) is 0 Å². The zero-order valence-corrected chi connectivity index (χ0v) is 46.6. The van der Waals surface area contributed by atoms with E-state index in [1.807, 2.05) is 0 Å². The first-order chi connectivity index (χ1) is 28.8. The Kier molecular flexibility index (Phi) is 23.3. The number of fused-ring (bicyclic) bond motifs is 2. The summed E-state index contributed by atoms with van der Waals surface area (Å²) < 4.78 is 0. The molecule has 2 aliphatic rings. The molecule has 0 unspecified atom stereocenters. The molecule has 2 radical (unpaired) electrons. The van der Waals surface area contributed by atoms with E-state index in [-0.39, 0.29) is 50.5 Å². The zero-order chi connectivity index (χ0) is 43.0. The molecule has 0 atom stereocenters. The van der Waals surface area contributed by atoms with Crippen LogP contribution in [0.25, 0.3) is 43.8 Å². The van der Waals surface area contributed by atoms with Crippen LogP contribution in [-0.4, -0.2) is 6.88 Å². The van der Waals surface area contributed by atoms with Crippen LogP contribution in [0.5, 0.6) is 0 Å². The maximum absolute atomic E-state index is 3.06. The van der Waals surface area contributed by atoms with Gasteiger partial charge in [-0.05, 0) is 82.4 Å². The third kappa shape index (κ3) is 13.9. The Morgan fingerprint density at radius 2 is 0.781 bits per heavy atom. The fraction of sp³-hybridized carbons (Fsp3) is 0.467. The van der Waals surface area contributed by atoms with Crippen molar-refractivity contribution in [2.24, 2.45) is 10.8 Å². The Balaban J connectivity index is 0.000000400. The average molecular weight is 994 g/mol. The first-order valence-corrected chi connectivity index (χ1v) is 27.8. The second kappa shape index (κ2) is 25.8. The van der Waals surface area contributed by atoms with Crippen LogP contribution in [0, 0.1) is 25.7 Å². The molecule has 64 heavy (non-hydrogen) atoms. The van der Waals surface area contributed by atoms with Gasteiger partial charge < -0.3 is 14.9 Å². The van der Waals surface area contributed by atoms with Gasteiger partial charge in [0.15, 0.2) is 0 Å². The summed E-state index contributed by atoms with van der Waals surface area (Å²) in [5, 5.41) is 5.67. The maximum atomic E-state index is 3.06. The molecule has 6 aromatic rings. The topological polar surface area (TPSA) is 0 Å². The Morgan fingerprint density at radius 1 is 0.469 bits per heavy atom. The van der Waals surface area contributed by atoms with Gasteiger partial charge in [0.2, 0.25) is 0 Å². The van der Waals surface area contributed by atoms with E-state index < -0.39 is 0 Å². The summed E-state index contributed by atoms with van der Waals surface area (Å²) in [7, 11) is 0. The van der Waals surface area contributed by atoms with E-state index in [2.05, 4.69) is 171 Å². The summed E-state index contributed by atoms with van der Waals surface area (Å²) in [6, 6.07) is 41.6. The van der Waals surface area contributed by atoms with Gasteiger partial charge in [-0.15, -0.1) is 93.9 Å². The van der Waals surface area contributed by atoms with Crippen molar-refractivity contribution in [3.05, 3.63) is 146 Å². The van der Waals surface area contributed by atoms with Crippen LogP contribution in [0.15, 0.2) is 109 Å². The van der Waals surface area contributed by atoms with E-state index in [0.717, 1.165) is 0 Å². The van der Waals surface area contributed by atoms with E-state index in [0.29, 0.717) is 10.8 Å². The van der Waals surface area contributed by atoms with E-state index >= 15 is 0 Å². The molecule has 4 heteroatoms.